The van der Waals surface area contributed by atoms with E-state index in [0.717, 1.165) is 7.11 Å². The Hall–Kier alpha value is 1.40. The summed E-state index contributed by atoms with van der Waals surface area (Å²) in [6.45, 7) is 0. The van der Waals surface area contributed by atoms with Gasteiger partial charge in [0.2, 0.25) is 0 Å². The number of aliphatic hydroxyl groups is 1. The molecule has 1 N–H and O–H groups in total. The summed E-state index contributed by atoms with van der Waals surface area (Å²) in [6.07, 6.45) is 0. The molecule has 13 heavy (non-hydrogen) atoms. The number of isothiocyanates is 2. The molecule has 0 aromatic carbocycles. The molecule has 0 radical (unpaired) electrons. The van der Waals surface area contributed by atoms with Crippen molar-refractivity contribution >= 4 is 47.4 Å². The maximum Gasteiger partial charge on any atom is 1.00 e. The van der Waals surface area contributed by atoms with E-state index in [1.54, 1.807) is 0 Å². The van der Waals surface area contributed by atoms with Crippen molar-refractivity contribution in [3.63, 3.8) is 0 Å². The Morgan fingerprint density at radius 1 is 1.15 bits per heavy atom. The number of thiol groups is 1. The number of hydrogen-bond acceptors (Lipinski definition) is 5. The molecule has 0 aromatic rings. The van der Waals surface area contributed by atoms with Gasteiger partial charge in [0.25, 0.3) is 0 Å². The first-order chi connectivity index (χ1) is 5.24. The van der Waals surface area contributed by atoms with Crippen LogP contribution in [0.25, 0.3) is 10.8 Å². The molecule has 4 nitrogen and oxygen atoms in total. The van der Waals surface area contributed by atoms with Crippen LogP contribution in [0.3, 0.4) is 0 Å². The van der Waals surface area contributed by atoms with Gasteiger partial charge in [0.15, 0.2) is 0 Å². The van der Waals surface area contributed by atoms with Crippen LogP contribution < -0.4 is 59.1 Å². The summed E-state index contributed by atoms with van der Waals surface area (Å²) in [7, 11) is 1.00. The monoisotopic (exact) mass is 253 g/mol. The molecule has 0 amide bonds. The van der Waals surface area contributed by atoms with E-state index in [0.29, 0.717) is 0 Å². The summed E-state index contributed by atoms with van der Waals surface area (Å²) in [5, 5.41) is 32.6. The molecule has 0 unspecified atom stereocenters. The summed E-state index contributed by atoms with van der Waals surface area (Å²) in [5.41, 5.74) is 0. The van der Waals surface area contributed by atoms with Crippen LogP contribution in [-0.2, 0) is 0 Å². The summed E-state index contributed by atoms with van der Waals surface area (Å²) in [6, 6.07) is 0. The second kappa shape index (κ2) is 106. The number of nitriles is 1. The fourth-order valence-corrected chi connectivity index (χ4v) is 0. The second-order valence-electron chi connectivity index (χ2n) is 0.283. The van der Waals surface area contributed by atoms with Gasteiger partial charge in [-0.2, -0.15) is 15.6 Å². The van der Waals surface area contributed by atoms with E-state index >= 15 is 0 Å². The van der Waals surface area contributed by atoms with E-state index in [1.807, 2.05) is 0 Å². The van der Waals surface area contributed by atoms with Crippen molar-refractivity contribution in [2.24, 2.45) is 0 Å². The Morgan fingerprint density at radius 3 is 1.15 bits per heavy atom. The third-order valence-electron chi connectivity index (χ3n) is 0. The van der Waals surface area contributed by atoms with Gasteiger partial charge < -0.3 is 15.9 Å². The minimum Gasteiger partial charge on any atom is -0.753 e. The number of thiocarbonyl (C=S) groups is 2. The van der Waals surface area contributed by atoms with Crippen LogP contribution in [0.15, 0.2) is 0 Å². The Balaban J connectivity index is -0.0000000121. The van der Waals surface area contributed by atoms with Gasteiger partial charge in [0.1, 0.15) is 5.40 Å². The molecule has 0 saturated heterocycles. The molecule has 0 spiro atoms. The molecule has 0 heterocycles. The SMILES string of the molecule is CO.N#CS.[N-]=C=S.[N-]=C=S.[Na+].[Na+]. The topological polar surface area (TPSA) is 88.6 Å². The second-order valence-corrected chi connectivity index (χ2v) is 0.848. The minimum atomic E-state index is 0. The van der Waals surface area contributed by atoms with E-state index in [-0.39, 0.29) is 59.1 Å². The largest absolute Gasteiger partial charge is 1.00 e. The maximum absolute atomic E-state index is 7.18. The van der Waals surface area contributed by atoms with Gasteiger partial charge in [-0.05, 0) is 0 Å². The summed E-state index contributed by atoms with van der Waals surface area (Å²) < 4.78 is 0. The Morgan fingerprint density at radius 2 is 1.15 bits per heavy atom. The third-order valence-corrected chi connectivity index (χ3v) is 0. The average Bonchev–Trinajstić information content (AvgIpc) is 1.96. The van der Waals surface area contributed by atoms with Crippen molar-refractivity contribution < 1.29 is 64.2 Å². The van der Waals surface area contributed by atoms with Crippen LogP contribution in [0.5, 0.6) is 0 Å². The Labute approximate surface area is 138 Å². The van der Waals surface area contributed by atoms with Gasteiger partial charge in [-0.15, -0.1) is 0 Å². The van der Waals surface area contributed by atoms with Gasteiger partial charge >= 0.3 is 59.1 Å². The summed E-state index contributed by atoms with van der Waals surface area (Å²) in [4.78, 5) is 0. The van der Waals surface area contributed by atoms with E-state index < -0.39 is 0 Å². The quantitative estimate of drug-likeness (QED) is 0.149. The number of aliphatic hydroxyl groups excluding tert-OH is 1. The molecule has 0 bridgehead atoms. The van der Waals surface area contributed by atoms with Crippen molar-refractivity contribution in [3.05, 3.63) is 10.8 Å². The van der Waals surface area contributed by atoms with Crippen LogP contribution in [0, 0.1) is 10.7 Å². The first kappa shape index (κ1) is 36.6. The number of hydrogen-bond donors (Lipinski definition) is 2. The predicted molar refractivity (Wildman–Crippen MR) is 54.7 cm³/mol. The van der Waals surface area contributed by atoms with Crippen molar-refractivity contribution in [1.29, 1.82) is 5.26 Å². The van der Waals surface area contributed by atoms with Crippen LogP contribution in [0.1, 0.15) is 0 Å². The molecule has 0 aromatic heterocycles. The molecule has 0 aliphatic rings. The molecular formula is C4H5N3Na2OS3. The fraction of sp³-hybridized carbons (Fsp3) is 0.250. The zero-order valence-electron chi connectivity index (χ0n) is 7.55. The number of nitrogens with zero attached hydrogens (tertiary/aromatic N) is 3. The van der Waals surface area contributed by atoms with Gasteiger partial charge in [-0.1, -0.05) is 37.1 Å². The van der Waals surface area contributed by atoms with Gasteiger partial charge in [-0.3, -0.25) is 0 Å². The fourth-order valence-electron chi connectivity index (χ4n) is 0. The predicted octanol–water partition coefficient (Wildman–Crippen LogP) is -4.67. The van der Waals surface area contributed by atoms with E-state index in [2.05, 4.69) is 37.1 Å². The maximum atomic E-state index is 7.18. The number of rotatable bonds is 0. The zero-order valence-corrected chi connectivity index (χ0v) is 14.1. The third kappa shape index (κ3) is 889. The zero-order chi connectivity index (χ0) is 10.1. The van der Waals surface area contributed by atoms with Crippen molar-refractivity contribution in [2.75, 3.05) is 7.11 Å². The average molecular weight is 253 g/mol. The molecule has 9 heteroatoms. The molecule has 0 fully saturated rings. The molecule has 0 aliphatic carbocycles. The van der Waals surface area contributed by atoms with Gasteiger partial charge in [0.05, 0.1) is 0 Å². The molecular weight excluding hydrogens is 248 g/mol. The van der Waals surface area contributed by atoms with Crippen molar-refractivity contribution in [2.45, 2.75) is 0 Å². The van der Waals surface area contributed by atoms with Crippen LogP contribution >= 0.6 is 37.1 Å². The first-order valence-corrected chi connectivity index (χ1v) is 3.01. The first-order valence-electron chi connectivity index (χ1n) is 1.75. The summed E-state index contributed by atoms with van der Waals surface area (Å²) >= 11 is 10.5. The van der Waals surface area contributed by atoms with E-state index in [4.69, 9.17) is 21.2 Å². The van der Waals surface area contributed by atoms with Crippen LogP contribution in [0.2, 0.25) is 0 Å². The van der Waals surface area contributed by atoms with Crippen molar-refractivity contribution in [1.82, 2.24) is 0 Å². The normalized spacial score (nSPS) is 2.31. The van der Waals surface area contributed by atoms with Crippen LogP contribution in [-0.4, -0.2) is 22.5 Å². The Bertz CT molecular complexity index is 137. The van der Waals surface area contributed by atoms with E-state index in [9.17, 15) is 0 Å². The van der Waals surface area contributed by atoms with Crippen molar-refractivity contribution in [3.8, 4) is 5.40 Å². The van der Waals surface area contributed by atoms with Crippen LogP contribution in [0.4, 0.5) is 0 Å². The Kier molecular flexibility index (Phi) is 300. The minimum absolute atomic E-state index is 0. The molecule has 0 saturated carbocycles. The van der Waals surface area contributed by atoms with Gasteiger partial charge in [-0.25, -0.2) is 0 Å². The standard InChI is InChI=1S/CHNS.2CNS.CH4O.2Na/c3*2-1-3;1-2;;/h3H;;;2H,1H3;;/q;2*-1;;2*+1. The molecule has 0 rings (SSSR count). The van der Waals surface area contributed by atoms with E-state index in [1.165, 1.54) is 15.7 Å². The summed E-state index contributed by atoms with van der Waals surface area (Å²) in [5.74, 6) is 0. The smallest absolute Gasteiger partial charge is 0.753 e. The molecule has 0 atom stereocenters. The van der Waals surface area contributed by atoms with Gasteiger partial charge in [0, 0.05) is 7.11 Å². The molecule has 0 aliphatic heterocycles. The number of thiocyanates is 1. The molecule has 62 valence electrons.